The van der Waals surface area contributed by atoms with Crippen LogP contribution < -0.4 is 0 Å². The molecule has 3 atom stereocenters. The minimum Gasteiger partial charge on any atom is -0.390 e. The van der Waals surface area contributed by atoms with E-state index in [4.69, 9.17) is 0 Å². The third kappa shape index (κ3) is 3.89. The van der Waals surface area contributed by atoms with E-state index in [0.717, 1.165) is 30.6 Å². The summed E-state index contributed by atoms with van der Waals surface area (Å²) in [6.07, 6.45) is 20.7. The Balaban J connectivity index is 1.29. The highest BCUT2D eigenvalue weighted by Crippen LogP contribution is 2.59. The molecule has 0 aromatic rings. The number of unbranched alkanes of at least 4 members (excludes halogenated alkanes) is 8. The van der Waals surface area contributed by atoms with Crippen molar-refractivity contribution < 1.29 is 5.11 Å². The van der Waals surface area contributed by atoms with Crippen molar-refractivity contribution in [3.8, 4) is 0 Å². The van der Waals surface area contributed by atoms with Crippen molar-refractivity contribution in [2.24, 2.45) is 23.7 Å². The molecule has 3 unspecified atom stereocenters. The van der Waals surface area contributed by atoms with Crippen LogP contribution in [0.15, 0.2) is 0 Å². The van der Waals surface area contributed by atoms with Crippen LogP contribution in [0, 0.1) is 23.7 Å². The van der Waals surface area contributed by atoms with E-state index in [1.165, 1.54) is 83.5 Å². The van der Waals surface area contributed by atoms with E-state index in [1.54, 1.807) is 0 Å². The molecule has 1 nitrogen and oxygen atoms in total. The molecule has 4 aliphatic carbocycles. The lowest BCUT2D eigenvalue weighted by atomic mass is 9.49. The molecule has 4 fully saturated rings. The van der Waals surface area contributed by atoms with E-state index in [-0.39, 0.29) is 5.60 Å². The summed E-state index contributed by atoms with van der Waals surface area (Å²) < 4.78 is 0. The largest absolute Gasteiger partial charge is 0.390 e. The van der Waals surface area contributed by atoms with Crippen molar-refractivity contribution in [3.63, 3.8) is 0 Å². The molecule has 1 N–H and O–H groups in total. The molecule has 0 radical (unpaired) electrons. The summed E-state index contributed by atoms with van der Waals surface area (Å²) in [7, 11) is 0. The lowest BCUT2D eigenvalue weighted by Gasteiger charge is -2.59. The molecule has 0 heterocycles. The summed E-state index contributed by atoms with van der Waals surface area (Å²) in [5, 5.41) is 11.1. The average Bonchev–Trinajstić information content (AvgIpc) is 2.46. The van der Waals surface area contributed by atoms with Gasteiger partial charge in [0.1, 0.15) is 0 Å². The Labute approximate surface area is 138 Å². The SMILES string of the molecule is CCCCCCCCCCCC1C2CC3CC(C2)CC1(O)C3. The maximum absolute atomic E-state index is 11.1. The molecule has 4 bridgehead atoms. The van der Waals surface area contributed by atoms with Crippen LogP contribution in [0.25, 0.3) is 0 Å². The van der Waals surface area contributed by atoms with E-state index >= 15 is 0 Å². The maximum atomic E-state index is 11.1. The molecule has 0 aromatic carbocycles. The Morgan fingerprint density at radius 2 is 1.32 bits per heavy atom. The summed E-state index contributed by atoms with van der Waals surface area (Å²) in [5.74, 6) is 3.29. The molecule has 0 aliphatic heterocycles. The molecule has 4 saturated carbocycles. The second kappa shape index (κ2) is 7.69. The fourth-order valence-electron chi connectivity index (χ4n) is 6.28. The van der Waals surface area contributed by atoms with Crippen LogP contribution in [0.4, 0.5) is 0 Å². The molecule has 1 heteroatoms. The van der Waals surface area contributed by atoms with E-state index in [2.05, 4.69) is 6.92 Å². The molecular formula is C21H38O. The first-order chi connectivity index (χ1) is 10.7. The summed E-state index contributed by atoms with van der Waals surface area (Å²) >= 11 is 0. The number of hydrogen-bond donors (Lipinski definition) is 1. The van der Waals surface area contributed by atoms with Crippen LogP contribution in [-0.4, -0.2) is 10.7 Å². The van der Waals surface area contributed by atoms with Crippen LogP contribution in [0.3, 0.4) is 0 Å². The van der Waals surface area contributed by atoms with Crippen LogP contribution in [0.5, 0.6) is 0 Å². The minimum atomic E-state index is -0.241. The third-order valence-corrected chi connectivity index (χ3v) is 7.10. The zero-order valence-corrected chi connectivity index (χ0v) is 14.9. The molecule has 0 aromatic heterocycles. The Morgan fingerprint density at radius 3 is 1.86 bits per heavy atom. The predicted octanol–water partition coefficient (Wildman–Crippen LogP) is 6.09. The maximum Gasteiger partial charge on any atom is 0.0683 e. The first kappa shape index (κ1) is 16.8. The molecule has 0 amide bonds. The van der Waals surface area contributed by atoms with E-state index < -0.39 is 0 Å². The van der Waals surface area contributed by atoms with Crippen molar-refractivity contribution in [1.82, 2.24) is 0 Å². The first-order valence-electron chi connectivity index (χ1n) is 10.4. The topological polar surface area (TPSA) is 20.2 Å². The van der Waals surface area contributed by atoms with Gasteiger partial charge in [0.05, 0.1) is 5.60 Å². The number of hydrogen-bond acceptors (Lipinski definition) is 1. The molecule has 4 rings (SSSR count). The summed E-state index contributed by atoms with van der Waals surface area (Å²) in [6.45, 7) is 2.29. The summed E-state index contributed by atoms with van der Waals surface area (Å²) in [5.41, 5.74) is -0.241. The number of rotatable bonds is 10. The van der Waals surface area contributed by atoms with Crippen LogP contribution in [-0.2, 0) is 0 Å². The van der Waals surface area contributed by atoms with E-state index in [1.807, 2.05) is 0 Å². The van der Waals surface area contributed by atoms with E-state index in [0.29, 0.717) is 5.92 Å². The average molecular weight is 307 g/mol. The van der Waals surface area contributed by atoms with Gasteiger partial charge in [0.25, 0.3) is 0 Å². The normalized spacial score (nSPS) is 39.5. The molecule has 0 saturated heterocycles. The minimum absolute atomic E-state index is 0.241. The summed E-state index contributed by atoms with van der Waals surface area (Å²) in [4.78, 5) is 0. The standard InChI is InChI=1S/C21H38O/c1-2-3-4-5-6-7-8-9-10-11-20-19-13-17-12-18(14-19)16-21(20,22)15-17/h17-20,22H,2-16H2,1H3. The zero-order valence-electron chi connectivity index (χ0n) is 14.9. The third-order valence-electron chi connectivity index (χ3n) is 7.10. The quantitative estimate of drug-likeness (QED) is 0.484. The Hall–Kier alpha value is -0.0400. The molecule has 4 aliphatic rings. The van der Waals surface area contributed by atoms with Gasteiger partial charge in [-0.3, -0.25) is 0 Å². The lowest BCUT2D eigenvalue weighted by molar-refractivity contribution is -0.173. The summed E-state index contributed by atoms with van der Waals surface area (Å²) in [6, 6.07) is 0. The second-order valence-corrected chi connectivity index (χ2v) is 8.93. The molecule has 128 valence electrons. The van der Waals surface area contributed by atoms with Gasteiger partial charge in [-0.2, -0.15) is 0 Å². The van der Waals surface area contributed by atoms with Crippen LogP contribution in [0.2, 0.25) is 0 Å². The highest BCUT2D eigenvalue weighted by atomic mass is 16.3. The van der Waals surface area contributed by atoms with Gasteiger partial charge in [0.15, 0.2) is 0 Å². The van der Waals surface area contributed by atoms with Crippen LogP contribution >= 0.6 is 0 Å². The van der Waals surface area contributed by atoms with E-state index in [9.17, 15) is 5.11 Å². The van der Waals surface area contributed by atoms with Crippen LogP contribution in [0.1, 0.15) is 103 Å². The van der Waals surface area contributed by atoms with Gasteiger partial charge in [-0.1, -0.05) is 64.7 Å². The second-order valence-electron chi connectivity index (χ2n) is 8.93. The van der Waals surface area contributed by atoms with Gasteiger partial charge in [-0.25, -0.2) is 0 Å². The van der Waals surface area contributed by atoms with Crippen molar-refractivity contribution in [2.45, 2.75) is 109 Å². The van der Waals surface area contributed by atoms with Gasteiger partial charge in [0, 0.05) is 0 Å². The highest BCUT2D eigenvalue weighted by Gasteiger charge is 2.55. The molecule has 22 heavy (non-hydrogen) atoms. The Bertz CT molecular complexity index is 323. The molecular weight excluding hydrogens is 268 g/mol. The van der Waals surface area contributed by atoms with Gasteiger partial charge in [0.2, 0.25) is 0 Å². The Morgan fingerprint density at radius 1 is 0.773 bits per heavy atom. The fraction of sp³-hybridized carbons (Fsp3) is 1.00. The monoisotopic (exact) mass is 306 g/mol. The Kier molecular flexibility index (Phi) is 5.87. The van der Waals surface area contributed by atoms with Gasteiger partial charge in [-0.15, -0.1) is 0 Å². The zero-order chi connectivity index (χ0) is 15.4. The predicted molar refractivity (Wildman–Crippen MR) is 93.8 cm³/mol. The van der Waals surface area contributed by atoms with Gasteiger partial charge in [-0.05, 0) is 62.2 Å². The molecule has 0 spiro atoms. The van der Waals surface area contributed by atoms with Gasteiger partial charge >= 0.3 is 0 Å². The van der Waals surface area contributed by atoms with Crippen molar-refractivity contribution in [3.05, 3.63) is 0 Å². The first-order valence-corrected chi connectivity index (χ1v) is 10.4. The lowest BCUT2D eigenvalue weighted by Crippen LogP contribution is -2.57. The van der Waals surface area contributed by atoms with Crippen molar-refractivity contribution >= 4 is 0 Å². The van der Waals surface area contributed by atoms with Gasteiger partial charge < -0.3 is 5.11 Å². The highest BCUT2D eigenvalue weighted by molar-refractivity contribution is 5.06. The van der Waals surface area contributed by atoms with Crippen molar-refractivity contribution in [2.75, 3.05) is 0 Å². The smallest absolute Gasteiger partial charge is 0.0683 e. The number of aliphatic hydroxyl groups is 1. The van der Waals surface area contributed by atoms with Crippen molar-refractivity contribution in [1.29, 1.82) is 0 Å². The fourth-order valence-corrected chi connectivity index (χ4v) is 6.28.